The van der Waals surface area contributed by atoms with E-state index in [0.29, 0.717) is 18.0 Å². The van der Waals surface area contributed by atoms with E-state index in [2.05, 4.69) is 22.4 Å². The van der Waals surface area contributed by atoms with E-state index in [1.807, 2.05) is 0 Å². The van der Waals surface area contributed by atoms with Gasteiger partial charge >= 0.3 is 0 Å². The van der Waals surface area contributed by atoms with Gasteiger partial charge in [-0.25, -0.2) is 0 Å². The van der Waals surface area contributed by atoms with Crippen molar-refractivity contribution in [2.24, 2.45) is 0 Å². The molecule has 4 heteroatoms. The third-order valence-electron chi connectivity index (χ3n) is 2.24. The fraction of sp³-hybridized carbons (Fsp3) is 0.750. The molecule has 0 aromatic carbocycles. The summed E-state index contributed by atoms with van der Waals surface area (Å²) in [4.78, 5) is 4.10. The summed E-state index contributed by atoms with van der Waals surface area (Å²) in [6.07, 6.45) is 2.51. The highest BCUT2D eigenvalue weighted by Gasteiger charge is 2.36. The second-order valence-corrected chi connectivity index (χ2v) is 3.64. The Labute approximate surface area is 71.4 Å². The standard InChI is InChI=1S/C8H13N3O/c1-6-10-7(11-12-6)5-9-8(2)3-4-8/h9H,3-5H2,1-2H3. The van der Waals surface area contributed by atoms with Crippen LogP contribution in [0.25, 0.3) is 0 Å². The second-order valence-electron chi connectivity index (χ2n) is 3.64. The molecule has 4 nitrogen and oxygen atoms in total. The summed E-state index contributed by atoms with van der Waals surface area (Å²) < 4.78 is 4.85. The number of nitrogens with zero attached hydrogens (tertiary/aromatic N) is 2. The zero-order valence-electron chi connectivity index (χ0n) is 7.42. The van der Waals surface area contributed by atoms with Crippen LogP contribution in [0.15, 0.2) is 4.52 Å². The first kappa shape index (κ1) is 7.73. The van der Waals surface area contributed by atoms with E-state index in [1.54, 1.807) is 6.92 Å². The van der Waals surface area contributed by atoms with Gasteiger partial charge in [0, 0.05) is 12.5 Å². The Hall–Kier alpha value is -0.900. The summed E-state index contributed by atoms with van der Waals surface area (Å²) in [6.45, 7) is 4.73. The molecule has 0 atom stereocenters. The van der Waals surface area contributed by atoms with Crippen molar-refractivity contribution in [2.75, 3.05) is 0 Å². The summed E-state index contributed by atoms with van der Waals surface area (Å²) in [5.74, 6) is 1.38. The zero-order chi connectivity index (χ0) is 8.60. The van der Waals surface area contributed by atoms with Crippen LogP contribution >= 0.6 is 0 Å². The topological polar surface area (TPSA) is 51.0 Å². The Morgan fingerprint density at radius 2 is 2.33 bits per heavy atom. The molecule has 1 saturated carbocycles. The lowest BCUT2D eigenvalue weighted by atomic mass is 10.3. The smallest absolute Gasteiger partial charge is 0.223 e. The number of aryl methyl sites for hydroxylation is 1. The monoisotopic (exact) mass is 167 g/mol. The highest BCUT2D eigenvalue weighted by molar-refractivity contribution is 4.98. The molecule has 1 aliphatic carbocycles. The van der Waals surface area contributed by atoms with Crippen LogP contribution in [0.1, 0.15) is 31.5 Å². The number of hydrogen-bond donors (Lipinski definition) is 1. The van der Waals surface area contributed by atoms with Gasteiger partial charge in [-0.2, -0.15) is 4.98 Å². The molecule has 0 unspecified atom stereocenters. The largest absolute Gasteiger partial charge is 0.340 e. The van der Waals surface area contributed by atoms with Gasteiger partial charge in [0.1, 0.15) is 0 Å². The number of rotatable bonds is 3. The predicted octanol–water partition coefficient (Wildman–Crippen LogP) is 1.02. The Bertz CT molecular complexity index is 278. The molecule has 0 spiro atoms. The van der Waals surface area contributed by atoms with Crippen LogP contribution in [0.2, 0.25) is 0 Å². The van der Waals surface area contributed by atoms with E-state index in [1.165, 1.54) is 12.8 Å². The van der Waals surface area contributed by atoms with Gasteiger partial charge in [0.25, 0.3) is 0 Å². The van der Waals surface area contributed by atoms with Crippen LogP contribution in [0.5, 0.6) is 0 Å². The van der Waals surface area contributed by atoms with Gasteiger partial charge in [-0.15, -0.1) is 0 Å². The number of nitrogens with one attached hydrogen (secondary N) is 1. The Kier molecular flexibility index (Phi) is 1.65. The molecule has 0 saturated heterocycles. The molecule has 1 fully saturated rings. The molecule has 2 rings (SSSR count). The first-order valence-corrected chi connectivity index (χ1v) is 4.22. The van der Waals surface area contributed by atoms with Gasteiger partial charge in [-0.1, -0.05) is 5.16 Å². The summed E-state index contributed by atoms with van der Waals surface area (Å²) in [6, 6.07) is 0. The van der Waals surface area contributed by atoms with Crippen LogP contribution in [-0.2, 0) is 6.54 Å². The summed E-state index contributed by atoms with van der Waals surface area (Å²) >= 11 is 0. The first-order chi connectivity index (χ1) is 5.68. The van der Waals surface area contributed by atoms with Crippen LogP contribution < -0.4 is 5.32 Å². The number of hydrogen-bond acceptors (Lipinski definition) is 4. The third-order valence-corrected chi connectivity index (χ3v) is 2.24. The molecule has 12 heavy (non-hydrogen) atoms. The van der Waals surface area contributed by atoms with Crippen molar-refractivity contribution in [1.29, 1.82) is 0 Å². The summed E-state index contributed by atoms with van der Waals surface area (Å²) in [7, 11) is 0. The van der Waals surface area contributed by atoms with Crippen LogP contribution in [0.4, 0.5) is 0 Å². The van der Waals surface area contributed by atoms with E-state index in [0.717, 1.165) is 5.82 Å². The van der Waals surface area contributed by atoms with E-state index in [-0.39, 0.29) is 0 Å². The molecule has 66 valence electrons. The third kappa shape index (κ3) is 1.64. The minimum atomic E-state index is 0.342. The maximum Gasteiger partial charge on any atom is 0.223 e. The highest BCUT2D eigenvalue weighted by Crippen LogP contribution is 2.34. The fourth-order valence-electron chi connectivity index (χ4n) is 1.07. The molecule has 0 amide bonds. The molecule has 1 heterocycles. The average Bonchev–Trinajstić information content (AvgIpc) is 2.60. The molecule has 1 N–H and O–H groups in total. The molecule has 1 aromatic rings. The van der Waals surface area contributed by atoms with Gasteiger partial charge in [0.05, 0.1) is 6.54 Å². The average molecular weight is 167 g/mol. The maximum atomic E-state index is 4.85. The van der Waals surface area contributed by atoms with Gasteiger partial charge in [-0.3, -0.25) is 0 Å². The Balaban J connectivity index is 1.87. The van der Waals surface area contributed by atoms with E-state index < -0.39 is 0 Å². The van der Waals surface area contributed by atoms with Crippen molar-refractivity contribution in [3.8, 4) is 0 Å². The minimum absolute atomic E-state index is 0.342. The second kappa shape index (κ2) is 2.55. The molecule has 1 aliphatic rings. The lowest BCUT2D eigenvalue weighted by molar-refractivity contribution is 0.383. The lowest BCUT2D eigenvalue weighted by Gasteiger charge is -2.07. The first-order valence-electron chi connectivity index (χ1n) is 4.22. The SMILES string of the molecule is Cc1nc(CNC2(C)CC2)no1. The molecular weight excluding hydrogens is 154 g/mol. The van der Waals surface area contributed by atoms with Crippen molar-refractivity contribution in [1.82, 2.24) is 15.5 Å². The lowest BCUT2D eigenvalue weighted by Crippen LogP contribution is -2.27. The van der Waals surface area contributed by atoms with Crippen LogP contribution in [0.3, 0.4) is 0 Å². The quantitative estimate of drug-likeness (QED) is 0.730. The molecule has 0 radical (unpaired) electrons. The van der Waals surface area contributed by atoms with Crippen molar-refractivity contribution in [2.45, 2.75) is 38.8 Å². The summed E-state index contributed by atoms with van der Waals surface area (Å²) in [5, 5.41) is 7.18. The zero-order valence-corrected chi connectivity index (χ0v) is 7.42. The fourth-order valence-corrected chi connectivity index (χ4v) is 1.07. The highest BCUT2D eigenvalue weighted by atomic mass is 16.5. The minimum Gasteiger partial charge on any atom is -0.340 e. The van der Waals surface area contributed by atoms with E-state index >= 15 is 0 Å². The van der Waals surface area contributed by atoms with Crippen molar-refractivity contribution in [3.05, 3.63) is 11.7 Å². The molecule has 0 bridgehead atoms. The Morgan fingerprint density at radius 3 is 2.83 bits per heavy atom. The van der Waals surface area contributed by atoms with Gasteiger partial charge < -0.3 is 9.84 Å². The van der Waals surface area contributed by atoms with Crippen LogP contribution in [0, 0.1) is 6.92 Å². The normalized spacial score (nSPS) is 19.5. The molecule has 0 aliphatic heterocycles. The van der Waals surface area contributed by atoms with Crippen LogP contribution in [-0.4, -0.2) is 15.7 Å². The number of aromatic nitrogens is 2. The van der Waals surface area contributed by atoms with Crippen molar-refractivity contribution >= 4 is 0 Å². The Morgan fingerprint density at radius 1 is 1.58 bits per heavy atom. The summed E-state index contributed by atoms with van der Waals surface area (Å²) in [5.41, 5.74) is 0.342. The molecule has 1 aromatic heterocycles. The van der Waals surface area contributed by atoms with Gasteiger partial charge in [0.15, 0.2) is 5.82 Å². The van der Waals surface area contributed by atoms with Crippen molar-refractivity contribution in [3.63, 3.8) is 0 Å². The molecular formula is C8H13N3O. The van der Waals surface area contributed by atoms with Gasteiger partial charge in [0.2, 0.25) is 5.89 Å². The van der Waals surface area contributed by atoms with Gasteiger partial charge in [-0.05, 0) is 19.8 Å². The predicted molar refractivity (Wildman–Crippen MR) is 43.5 cm³/mol. The van der Waals surface area contributed by atoms with Crippen molar-refractivity contribution < 1.29 is 4.52 Å². The maximum absolute atomic E-state index is 4.85. The van der Waals surface area contributed by atoms with E-state index in [4.69, 9.17) is 4.52 Å². The van der Waals surface area contributed by atoms with E-state index in [9.17, 15) is 0 Å².